The number of nitrogens with zero attached hydrogens (tertiary/aromatic N) is 1. The van der Waals surface area contributed by atoms with Gasteiger partial charge in [0.05, 0.1) is 5.41 Å². The molecule has 0 aromatic carbocycles. The van der Waals surface area contributed by atoms with Crippen molar-refractivity contribution in [2.45, 2.75) is 77.7 Å². The van der Waals surface area contributed by atoms with Crippen LogP contribution in [0.15, 0.2) is 0 Å². The molecule has 5 heteroatoms. The van der Waals surface area contributed by atoms with Crippen LogP contribution < -0.4 is 5.32 Å². The zero-order chi connectivity index (χ0) is 17.6. The van der Waals surface area contributed by atoms with E-state index < -0.39 is 5.41 Å². The summed E-state index contributed by atoms with van der Waals surface area (Å²) in [5, 5.41) is 3.17. The average Bonchev–Trinajstić information content (AvgIpc) is 2.61. The number of carbonyl (C=O) groups excluding carboxylic acids is 2. The van der Waals surface area contributed by atoms with E-state index in [0.717, 1.165) is 25.2 Å². The molecule has 0 spiro atoms. The maximum absolute atomic E-state index is 12.4. The van der Waals surface area contributed by atoms with Gasteiger partial charge in [-0.05, 0) is 39.0 Å². The monoisotopic (exact) mass is 356 g/mol. The van der Waals surface area contributed by atoms with Gasteiger partial charge in [0, 0.05) is 31.4 Å². The largest absolute Gasteiger partial charge is 0.353 e. The van der Waals surface area contributed by atoms with Crippen molar-refractivity contribution in [2.75, 3.05) is 19.0 Å². The lowest BCUT2D eigenvalue weighted by molar-refractivity contribution is -0.140. The summed E-state index contributed by atoms with van der Waals surface area (Å²) in [4.78, 5) is 26.5. The molecule has 1 saturated carbocycles. The van der Waals surface area contributed by atoms with Crippen molar-refractivity contribution in [3.05, 3.63) is 0 Å². The van der Waals surface area contributed by atoms with E-state index in [1.807, 2.05) is 18.7 Å². The standard InChI is InChI=1S/C19H33ClN2O2/c1-19(2,14-20)18(24)22-12-10-16(11-13-22)21-17(23)9-8-15-6-4-3-5-7-15/h15-16H,3-14H2,1-2H3,(H,21,23). The fourth-order valence-electron chi connectivity index (χ4n) is 3.82. The van der Waals surface area contributed by atoms with Gasteiger partial charge in [-0.1, -0.05) is 32.1 Å². The van der Waals surface area contributed by atoms with Crippen molar-refractivity contribution in [3.8, 4) is 0 Å². The highest BCUT2D eigenvalue weighted by Crippen LogP contribution is 2.27. The summed E-state index contributed by atoms with van der Waals surface area (Å²) < 4.78 is 0. The van der Waals surface area contributed by atoms with Gasteiger partial charge in [-0.15, -0.1) is 11.6 Å². The highest BCUT2D eigenvalue weighted by atomic mass is 35.5. The molecule has 0 radical (unpaired) electrons. The Morgan fingerprint density at radius 1 is 1.08 bits per heavy atom. The summed E-state index contributed by atoms with van der Waals surface area (Å²) in [6.07, 6.45) is 10.00. The minimum absolute atomic E-state index is 0.125. The number of piperidine rings is 1. The Morgan fingerprint density at radius 3 is 2.29 bits per heavy atom. The molecular weight excluding hydrogens is 324 g/mol. The summed E-state index contributed by atoms with van der Waals surface area (Å²) in [5.74, 6) is 1.40. The summed E-state index contributed by atoms with van der Waals surface area (Å²) >= 11 is 5.90. The number of hydrogen-bond acceptors (Lipinski definition) is 2. The van der Waals surface area contributed by atoms with Crippen LogP contribution in [0.1, 0.15) is 71.6 Å². The molecule has 2 aliphatic rings. The van der Waals surface area contributed by atoms with Crippen LogP contribution in [0, 0.1) is 11.3 Å². The van der Waals surface area contributed by atoms with Gasteiger partial charge in [-0.25, -0.2) is 0 Å². The number of hydrogen-bond donors (Lipinski definition) is 1. The van der Waals surface area contributed by atoms with Gasteiger partial charge < -0.3 is 10.2 Å². The van der Waals surface area contributed by atoms with Crippen molar-refractivity contribution < 1.29 is 9.59 Å². The SMILES string of the molecule is CC(C)(CCl)C(=O)N1CCC(NC(=O)CCC2CCCCC2)CC1. The first-order valence-electron chi connectivity index (χ1n) is 9.57. The Bertz CT molecular complexity index is 425. The quantitative estimate of drug-likeness (QED) is 0.737. The van der Waals surface area contributed by atoms with Crippen LogP contribution in [0.2, 0.25) is 0 Å². The lowest BCUT2D eigenvalue weighted by Crippen LogP contribution is -2.50. The lowest BCUT2D eigenvalue weighted by Gasteiger charge is -2.36. The van der Waals surface area contributed by atoms with Gasteiger partial charge in [0.2, 0.25) is 11.8 Å². The van der Waals surface area contributed by atoms with Crippen LogP contribution in [0.5, 0.6) is 0 Å². The number of carbonyl (C=O) groups is 2. The molecule has 2 amide bonds. The second kappa shape index (κ2) is 9.07. The van der Waals surface area contributed by atoms with E-state index >= 15 is 0 Å². The lowest BCUT2D eigenvalue weighted by atomic mass is 9.86. The van der Waals surface area contributed by atoms with E-state index in [9.17, 15) is 9.59 Å². The van der Waals surface area contributed by atoms with E-state index in [4.69, 9.17) is 11.6 Å². The maximum Gasteiger partial charge on any atom is 0.229 e. The van der Waals surface area contributed by atoms with Gasteiger partial charge in [0.25, 0.3) is 0 Å². The third kappa shape index (κ3) is 5.65. The number of rotatable bonds is 6. The van der Waals surface area contributed by atoms with E-state index in [0.29, 0.717) is 25.4 Å². The summed E-state index contributed by atoms with van der Waals surface area (Å²) in [6.45, 7) is 5.21. The van der Waals surface area contributed by atoms with Gasteiger partial charge >= 0.3 is 0 Å². The third-order valence-electron chi connectivity index (χ3n) is 5.56. The van der Waals surface area contributed by atoms with Gasteiger partial charge in [0.15, 0.2) is 0 Å². The molecule has 0 bridgehead atoms. The highest BCUT2D eigenvalue weighted by Gasteiger charge is 2.33. The van der Waals surface area contributed by atoms with Crippen LogP contribution >= 0.6 is 11.6 Å². The first kappa shape index (κ1) is 19.6. The Kier molecular flexibility index (Phi) is 7.39. The summed E-state index contributed by atoms with van der Waals surface area (Å²) in [7, 11) is 0. The van der Waals surface area contributed by atoms with E-state index in [2.05, 4.69) is 5.32 Å². The van der Waals surface area contributed by atoms with Crippen molar-refractivity contribution in [2.24, 2.45) is 11.3 Å². The van der Waals surface area contributed by atoms with Crippen molar-refractivity contribution >= 4 is 23.4 Å². The zero-order valence-electron chi connectivity index (χ0n) is 15.3. The number of nitrogens with one attached hydrogen (secondary N) is 1. The molecule has 0 unspecified atom stereocenters. The Hall–Kier alpha value is -0.770. The van der Waals surface area contributed by atoms with E-state index in [-0.39, 0.29) is 17.9 Å². The first-order chi connectivity index (χ1) is 11.4. The van der Waals surface area contributed by atoms with Crippen LogP contribution in [-0.2, 0) is 9.59 Å². The second-order valence-electron chi connectivity index (χ2n) is 8.19. The molecule has 2 fully saturated rings. The minimum Gasteiger partial charge on any atom is -0.353 e. The predicted molar refractivity (Wildman–Crippen MR) is 98.1 cm³/mol. The van der Waals surface area contributed by atoms with Crippen LogP contribution in [0.4, 0.5) is 0 Å². The summed E-state index contributed by atoms with van der Waals surface area (Å²) in [5.41, 5.74) is -0.502. The van der Waals surface area contributed by atoms with Gasteiger partial charge in [0.1, 0.15) is 0 Å². The highest BCUT2D eigenvalue weighted by molar-refractivity contribution is 6.19. The molecular formula is C19H33ClN2O2. The van der Waals surface area contributed by atoms with Crippen molar-refractivity contribution in [1.29, 1.82) is 0 Å². The topological polar surface area (TPSA) is 49.4 Å². The minimum atomic E-state index is -0.502. The Labute approximate surface area is 151 Å². The van der Waals surface area contributed by atoms with Crippen molar-refractivity contribution in [3.63, 3.8) is 0 Å². The maximum atomic E-state index is 12.4. The predicted octanol–water partition coefficient (Wildman–Crippen LogP) is 3.72. The molecule has 138 valence electrons. The second-order valence-corrected chi connectivity index (χ2v) is 8.46. The molecule has 4 nitrogen and oxygen atoms in total. The zero-order valence-corrected chi connectivity index (χ0v) is 16.0. The Balaban J connectivity index is 1.67. The van der Waals surface area contributed by atoms with Crippen LogP contribution in [-0.4, -0.2) is 41.7 Å². The summed E-state index contributed by atoms with van der Waals surface area (Å²) in [6, 6.07) is 0.215. The molecule has 0 atom stereocenters. The van der Waals surface area contributed by atoms with Gasteiger partial charge in [-0.2, -0.15) is 0 Å². The number of alkyl halides is 1. The van der Waals surface area contributed by atoms with Crippen LogP contribution in [0.25, 0.3) is 0 Å². The normalized spacial score (nSPS) is 20.9. The van der Waals surface area contributed by atoms with Crippen LogP contribution in [0.3, 0.4) is 0 Å². The smallest absolute Gasteiger partial charge is 0.229 e. The molecule has 1 saturated heterocycles. The third-order valence-corrected chi connectivity index (χ3v) is 6.23. The van der Waals surface area contributed by atoms with Crippen molar-refractivity contribution in [1.82, 2.24) is 10.2 Å². The molecule has 0 aromatic rings. The number of amides is 2. The molecule has 0 aromatic heterocycles. The molecule has 1 aliphatic heterocycles. The molecule has 1 N–H and O–H groups in total. The average molecular weight is 357 g/mol. The fraction of sp³-hybridized carbons (Fsp3) is 0.895. The Morgan fingerprint density at radius 2 is 1.71 bits per heavy atom. The molecule has 1 heterocycles. The fourth-order valence-corrected chi connectivity index (χ4v) is 3.94. The van der Waals surface area contributed by atoms with E-state index in [1.54, 1.807) is 0 Å². The molecule has 2 rings (SSSR count). The molecule has 1 aliphatic carbocycles. The molecule has 24 heavy (non-hydrogen) atoms. The number of halogens is 1. The van der Waals surface area contributed by atoms with E-state index in [1.165, 1.54) is 32.1 Å². The van der Waals surface area contributed by atoms with Gasteiger partial charge in [-0.3, -0.25) is 9.59 Å². The first-order valence-corrected chi connectivity index (χ1v) is 10.1. The number of likely N-dealkylation sites (tertiary alicyclic amines) is 1.